The van der Waals surface area contributed by atoms with Crippen molar-refractivity contribution in [2.45, 2.75) is 31.9 Å². The summed E-state index contributed by atoms with van der Waals surface area (Å²) in [5.74, 6) is -0.261. The maximum Gasteiger partial charge on any atom is 0.309 e. The van der Waals surface area contributed by atoms with Gasteiger partial charge in [-0.3, -0.25) is 9.69 Å². The molecular formula is C12H24N2O3. The molecule has 1 heterocycles. The van der Waals surface area contributed by atoms with Gasteiger partial charge in [-0.15, -0.1) is 0 Å². The number of hydrogen-bond acceptors (Lipinski definition) is 5. The highest BCUT2D eigenvalue weighted by atomic mass is 16.5. The van der Waals surface area contributed by atoms with Gasteiger partial charge in [-0.2, -0.15) is 0 Å². The molecule has 1 aliphatic rings. The van der Waals surface area contributed by atoms with Gasteiger partial charge in [0.2, 0.25) is 0 Å². The van der Waals surface area contributed by atoms with E-state index in [9.17, 15) is 4.79 Å². The zero-order chi connectivity index (χ0) is 12.8. The molecular weight excluding hydrogens is 220 g/mol. The van der Waals surface area contributed by atoms with E-state index in [2.05, 4.69) is 4.90 Å². The second-order valence-corrected chi connectivity index (χ2v) is 4.69. The van der Waals surface area contributed by atoms with Gasteiger partial charge in [0, 0.05) is 32.8 Å². The molecule has 0 radical (unpaired) electrons. The van der Waals surface area contributed by atoms with Crippen molar-refractivity contribution in [2.75, 3.05) is 33.9 Å². The second-order valence-electron chi connectivity index (χ2n) is 4.69. The molecule has 2 N–H and O–H groups in total. The first kappa shape index (κ1) is 14.4. The highest BCUT2D eigenvalue weighted by molar-refractivity contribution is 5.72. The van der Waals surface area contributed by atoms with Crippen molar-refractivity contribution in [2.24, 2.45) is 11.7 Å². The Hall–Kier alpha value is -0.650. The lowest BCUT2D eigenvalue weighted by Crippen LogP contribution is -2.50. The zero-order valence-corrected chi connectivity index (χ0v) is 11.0. The van der Waals surface area contributed by atoms with E-state index < -0.39 is 0 Å². The van der Waals surface area contributed by atoms with Crippen LogP contribution in [0.15, 0.2) is 0 Å². The number of piperidine rings is 1. The number of carbonyl (C=O) groups excluding carboxylic acids is 1. The number of nitrogens with two attached hydrogens (primary N) is 1. The molecule has 0 aromatic rings. The van der Waals surface area contributed by atoms with Crippen molar-refractivity contribution >= 4 is 5.97 Å². The van der Waals surface area contributed by atoms with Crippen LogP contribution in [-0.2, 0) is 14.3 Å². The number of methoxy groups -OCH3 is 2. The average molecular weight is 244 g/mol. The van der Waals surface area contributed by atoms with Crippen LogP contribution in [0.25, 0.3) is 0 Å². The SMILES string of the molecule is COC(=O)C(C)CN1CCC(OC)CC1CN. The zero-order valence-electron chi connectivity index (χ0n) is 11.0. The van der Waals surface area contributed by atoms with Crippen LogP contribution in [-0.4, -0.2) is 56.9 Å². The van der Waals surface area contributed by atoms with E-state index in [1.54, 1.807) is 7.11 Å². The molecule has 5 nitrogen and oxygen atoms in total. The maximum atomic E-state index is 11.4. The predicted molar refractivity (Wildman–Crippen MR) is 65.6 cm³/mol. The fourth-order valence-corrected chi connectivity index (χ4v) is 2.39. The molecule has 5 heteroatoms. The summed E-state index contributed by atoms with van der Waals surface area (Å²) in [5, 5.41) is 0. The number of ether oxygens (including phenoxy) is 2. The maximum absolute atomic E-state index is 11.4. The molecule has 0 amide bonds. The fraction of sp³-hybridized carbons (Fsp3) is 0.917. The van der Waals surface area contributed by atoms with E-state index in [1.165, 1.54) is 7.11 Å². The van der Waals surface area contributed by atoms with Crippen LogP contribution in [0, 0.1) is 5.92 Å². The Morgan fingerprint density at radius 1 is 1.53 bits per heavy atom. The Balaban J connectivity index is 2.49. The van der Waals surface area contributed by atoms with Crippen LogP contribution in [0.5, 0.6) is 0 Å². The topological polar surface area (TPSA) is 64.8 Å². The number of nitrogens with zero attached hydrogens (tertiary/aromatic N) is 1. The molecule has 1 aliphatic heterocycles. The van der Waals surface area contributed by atoms with Gasteiger partial charge in [0.05, 0.1) is 19.1 Å². The molecule has 0 aliphatic carbocycles. The average Bonchev–Trinajstić information content (AvgIpc) is 2.37. The van der Waals surface area contributed by atoms with E-state index in [0.29, 0.717) is 25.2 Å². The van der Waals surface area contributed by atoms with Crippen molar-refractivity contribution < 1.29 is 14.3 Å². The summed E-state index contributed by atoms with van der Waals surface area (Å²) in [4.78, 5) is 13.7. The van der Waals surface area contributed by atoms with Gasteiger partial charge in [-0.05, 0) is 12.8 Å². The summed E-state index contributed by atoms with van der Waals surface area (Å²) in [5.41, 5.74) is 5.78. The quantitative estimate of drug-likeness (QED) is 0.702. The normalized spacial score (nSPS) is 27.8. The minimum atomic E-state index is -0.158. The molecule has 3 atom stereocenters. The van der Waals surface area contributed by atoms with Gasteiger partial charge in [0.15, 0.2) is 0 Å². The van der Waals surface area contributed by atoms with Gasteiger partial charge >= 0.3 is 5.97 Å². The van der Waals surface area contributed by atoms with Gasteiger partial charge in [-0.1, -0.05) is 6.92 Å². The number of carbonyl (C=O) groups is 1. The third kappa shape index (κ3) is 3.94. The number of esters is 1. The van der Waals surface area contributed by atoms with Gasteiger partial charge in [0.25, 0.3) is 0 Å². The molecule has 0 aromatic carbocycles. The molecule has 3 unspecified atom stereocenters. The van der Waals surface area contributed by atoms with Crippen LogP contribution in [0.2, 0.25) is 0 Å². The molecule has 0 aromatic heterocycles. The molecule has 1 fully saturated rings. The Kier molecular flexibility index (Phi) is 5.88. The van der Waals surface area contributed by atoms with Crippen molar-refractivity contribution in [3.05, 3.63) is 0 Å². The Labute approximate surface area is 103 Å². The van der Waals surface area contributed by atoms with Crippen LogP contribution in [0.4, 0.5) is 0 Å². The first-order chi connectivity index (χ1) is 8.12. The van der Waals surface area contributed by atoms with Gasteiger partial charge in [-0.25, -0.2) is 0 Å². The Morgan fingerprint density at radius 2 is 2.24 bits per heavy atom. The van der Waals surface area contributed by atoms with Crippen molar-refractivity contribution in [1.82, 2.24) is 4.90 Å². The van der Waals surface area contributed by atoms with E-state index >= 15 is 0 Å². The summed E-state index contributed by atoms with van der Waals surface area (Å²) in [7, 11) is 3.17. The summed E-state index contributed by atoms with van der Waals surface area (Å²) in [6, 6.07) is 0.306. The fourth-order valence-electron chi connectivity index (χ4n) is 2.39. The van der Waals surface area contributed by atoms with Crippen molar-refractivity contribution in [3.63, 3.8) is 0 Å². The minimum absolute atomic E-state index is 0.104. The standard InChI is InChI=1S/C12H24N2O3/c1-9(12(15)17-3)8-14-5-4-11(16-2)6-10(14)7-13/h9-11H,4-8,13H2,1-3H3. The van der Waals surface area contributed by atoms with Crippen LogP contribution >= 0.6 is 0 Å². The number of hydrogen-bond donors (Lipinski definition) is 1. The second kappa shape index (κ2) is 6.93. The van der Waals surface area contributed by atoms with Crippen LogP contribution < -0.4 is 5.73 Å². The Bertz CT molecular complexity index is 248. The number of likely N-dealkylation sites (tertiary alicyclic amines) is 1. The molecule has 0 bridgehead atoms. The number of rotatable bonds is 5. The summed E-state index contributed by atoms with van der Waals surface area (Å²) in [6.45, 7) is 4.14. The minimum Gasteiger partial charge on any atom is -0.469 e. The first-order valence-electron chi connectivity index (χ1n) is 6.17. The third-order valence-electron chi connectivity index (χ3n) is 3.51. The molecule has 1 rings (SSSR count). The van der Waals surface area contributed by atoms with Gasteiger partial charge < -0.3 is 15.2 Å². The lowest BCUT2D eigenvalue weighted by molar-refractivity contribution is -0.145. The van der Waals surface area contributed by atoms with Crippen LogP contribution in [0.3, 0.4) is 0 Å². The van der Waals surface area contributed by atoms with E-state index in [1.807, 2.05) is 6.92 Å². The van der Waals surface area contributed by atoms with E-state index in [0.717, 1.165) is 19.4 Å². The third-order valence-corrected chi connectivity index (χ3v) is 3.51. The molecule has 1 saturated heterocycles. The molecule has 100 valence electrons. The van der Waals surface area contributed by atoms with Crippen molar-refractivity contribution in [3.8, 4) is 0 Å². The lowest BCUT2D eigenvalue weighted by Gasteiger charge is -2.39. The molecule has 17 heavy (non-hydrogen) atoms. The smallest absolute Gasteiger partial charge is 0.309 e. The lowest BCUT2D eigenvalue weighted by atomic mass is 9.97. The predicted octanol–water partition coefficient (Wildman–Crippen LogP) is 0.234. The summed E-state index contributed by atoms with van der Waals surface area (Å²) in [6.07, 6.45) is 2.25. The largest absolute Gasteiger partial charge is 0.469 e. The van der Waals surface area contributed by atoms with E-state index in [4.69, 9.17) is 15.2 Å². The highest BCUT2D eigenvalue weighted by Gasteiger charge is 2.29. The molecule has 0 spiro atoms. The van der Waals surface area contributed by atoms with Crippen molar-refractivity contribution in [1.29, 1.82) is 0 Å². The summed E-state index contributed by atoms with van der Waals surface area (Å²) < 4.78 is 10.1. The van der Waals surface area contributed by atoms with Gasteiger partial charge in [0.1, 0.15) is 0 Å². The molecule has 0 saturated carbocycles. The summed E-state index contributed by atoms with van der Waals surface area (Å²) >= 11 is 0. The first-order valence-corrected chi connectivity index (χ1v) is 6.17. The van der Waals surface area contributed by atoms with Crippen LogP contribution in [0.1, 0.15) is 19.8 Å². The Morgan fingerprint density at radius 3 is 2.76 bits per heavy atom. The van der Waals surface area contributed by atoms with E-state index in [-0.39, 0.29) is 11.9 Å². The monoisotopic (exact) mass is 244 g/mol. The highest BCUT2D eigenvalue weighted by Crippen LogP contribution is 2.20.